The van der Waals surface area contributed by atoms with Crippen molar-refractivity contribution in [1.29, 1.82) is 0 Å². The summed E-state index contributed by atoms with van der Waals surface area (Å²) in [7, 11) is 0. The molecule has 24 heavy (non-hydrogen) atoms. The summed E-state index contributed by atoms with van der Waals surface area (Å²) in [6, 6.07) is 23.7. The van der Waals surface area contributed by atoms with Gasteiger partial charge in [0.2, 0.25) is 0 Å². The molecule has 0 N–H and O–H groups in total. The second kappa shape index (κ2) is 5.11. The van der Waals surface area contributed by atoms with Crippen LogP contribution in [0.15, 0.2) is 66.7 Å². The Kier molecular flexibility index (Phi) is 2.91. The van der Waals surface area contributed by atoms with E-state index in [0.29, 0.717) is 0 Å². The molecule has 5 aromatic rings. The van der Waals surface area contributed by atoms with Gasteiger partial charge in [0, 0.05) is 5.56 Å². The van der Waals surface area contributed by atoms with Gasteiger partial charge in [-0.15, -0.1) is 0 Å². The third kappa shape index (κ3) is 1.88. The SMILES string of the molecule is Cc1ccc(-c2c3ccccc3cc3ccccc23)c2nsnc12. The first-order valence-electron chi connectivity index (χ1n) is 7.96. The van der Waals surface area contributed by atoms with Gasteiger partial charge in [-0.3, -0.25) is 0 Å². The van der Waals surface area contributed by atoms with Crippen molar-refractivity contribution < 1.29 is 0 Å². The van der Waals surface area contributed by atoms with Crippen LogP contribution in [0.3, 0.4) is 0 Å². The molecule has 0 radical (unpaired) electrons. The van der Waals surface area contributed by atoms with Gasteiger partial charge in [-0.2, -0.15) is 8.75 Å². The number of rotatable bonds is 1. The zero-order chi connectivity index (χ0) is 16.1. The average molecular weight is 326 g/mol. The Balaban J connectivity index is 2.03. The molecule has 0 spiro atoms. The summed E-state index contributed by atoms with van der Waals surface area (Å²) >= 11 is 1.29. The van der Waals surface area contributed by atoms with Crippen molar-refractivity contribution in [2.75, 3.05) is 0 Å². The predicted molar refractivity (Wildman–Crippen MR) is 103 cm³/mol. The van der Waals surface area contributed by atoms with E-state index in [1.807, 2.05) is 0 Å². The van der Waals surface area contributed by atoms with Crippen molar-refractivity contribution in [3.8, 4) is 11.1 Å². The molecular formula is C21H14N2S. The second-order valence-corrected chi connectivity index (χ2v) is 6.61. The van der Waals surface area contributed by atoms with Gasteiger partial charge in [0.1, 0.15) is 11.0 Å². The van der Waals surface area contributed by atoms with Crippen LogP contribution in [0.1, 0.15) is 5.56 Å². The standard InChI is InChI=1S/C21H14N2S/c1-13-10-11-18(21-20(13)22-24-23-21)19-16-8-4-2-6-14(16)12-15-7-3-5-9-17(15)19/h2-12H,1H3. The summed E-state index contributed by atoms with van der Waals surface area (Å²) in [6.07, 6.45) is 0. The molecule has 114 valence electrons. The molecule has 1 aromatic heterocycles. The second-order valence-electron chi connectivity index (χ2n) is 6.09. The van der Waals surface area contributed by atoms with E-state index in [0.717, 1.165) is 16.6 Å². The minimum absolute atomic E-state index is 1.00. The van der Waals surface area contributed by atoms with E-state index in [4.69, 9.17) is 0 Å². The fourth-order valence-corrected chi connectivity index (χ4v) is 4.12. The quantitative estimate of drug-likeness (QED) is 0.354. The zero-order valence-electron chi connectivity index (χ0n) is 13.2. The van der Waals surface area contributed by atoms with Crippen LogP contribution >= 0.6 is 11.7 Å². The highest BCUT2D eigenvalue weighted by atomic mass is 32.1. The zero-order valence-corrected chi connectivity index (χ0v) is 14.0. The topological polar surface area (TPSA) is 25.8 Å². The molecule has 0 aliphatic rings. The van der Waals surface area contributed by atoms with Crippen LogP contribution in [0.5, 0.6) is 0 Å². The lowest BCUT2D eigenvalue weighted by molar-refractivity contribution is 1.48. The van der Waals surface area contributed by atoms with E-state index in [1.165, 1.54) is 44.4 Å². The molecule has 3 heteroatoms. The van der Waals surface area contributed by atoms with Crippen LogP contribution in [0.4, 0.5) is 0 Å². The molecule has 5 rings (SSSR count). The summed E-state index contributed by atoms with van der Waals surface area (Å²) in [5.74, 6) is 0. The number of hydrogen-bond acceptors (Lipinski definition) is 3. The molecule has 0 atom stereocenters. The van der Waals surface area contributed by atoms with E-state index in [-0.39, 0.29) is 0 Å². The van der Waals surface area contributed by atoms with Crippen LogP contribution in [0, 0.1) is 6.92 Å². The van der Waals surface area contributed by atoms with Gasteiger partial charge in [0.05, 0.1) is 11.7 Å². The Morgan fingerprint density at radius 2 is 1.33 bits per heavy atom. The average Bonchev–Trinajstić information content (AvgIpc) is 3.11. The van der Waals surface area contributed by atoms with Crippen LogP contribution in [-0.2, 0) is 0 Å². The molecule has 0 amide bonds. The summed E-state index contributed by atoms with van der Waals surface area (Å²) in [6.45, 7) is 2.09. The summed E-state index contributed by atoms with van der Waals surface area (Å²) in [5, 5.41) is 5.02. The number of aromatic nitrogens is 2. The Morgan fingerprint density at radius 1 is 0.708 bits per heavy atom. The predicted octanol–water partition coefficient (Wildman–Crippen LogP) is 5.97. The molecule has 4 aromatic carbocycles. The maximum Gasteiger partial charge on any atom is 0.112 e. The molecular weight excluding hydrogens is 312 g/mol. The minimum Gasteiger partial charge on any atom is -0.173 e. The van der Waals surface area contributed by atoms with Gasteiger partial charge in [-0.05, 0) is 45.7 Å². The van der Waals surface area contributed by atoms with Crippen LogP contribution < -0.4 is 0 Å². The fraction of sp³-hybridized carbons (Fsp3) is 0.0476. The lowest BCUT2D eigenvalue weighted by Gasteiger charge is -2.12. The summed E-state index contributed by atoms with van der Waals surface area (Å²) in [5.41, 5.74) is 5.60. The summed E-state index contributed by atoms with van der Waals surface area (Å²) in [4.78, 5) is 0. The van der Waals surface area contributed by atoms with Gasteiger partial charge in [-0.1, -0.05) is 60.7 Å². The van der Waals surface area contributed by atoms with Crippen LogP contribution in [0.25, 0.3) is 43.7 Å². The molecule has 1 heterocycles. The van der Waals surface area contributed by atoms with Crippen LogP contribution in [-0.4, -0.2) is 8.75 Å². The van der Waals surface area contributed by atoms with Gasteiger partial charge in [0.25, 0.3) is 0 Å². The van der Waals surface area contributed by atoms with E-state index < -0.39 is 0 Å². The molecule has 2 nitrogen and oxygen atoms in total. The Bertz CT molecular complexity index is 1170. The Morgan fingerprint density at radius 3 is 2.04 bits per heavy atom. The number of nitrogens with zero attached hydrogens (tertiary/aromatic N) is 2. The highest BCUT2D eigenvalue weighted by Gasteiger charge is 2.15. The highest BCUT2D eigenvalue weighted by Crippen LogP contribution is 2.39. The minimum atomic E-state index is 1.00. The maximum absolute atomic E-state index is 4.60. The van der Waals surface area contributed by atoms with Crippen molar-refractivity contribution in [2.45, 2.75) is 6.92 Å². The Labute approximate surface area is 143 Å². The molecule has 0 fully saturated rings. The molecule has 0 aliphatic heterocycles. The first-order chi connectivity index (χ1) is 11.8. The van der Waals surface area contributed by atoms with Gasteiger partial charge < -0.3 is 0 Å². The van der Waals surface area contributed by atoms with Gasteiger partial charge >= 0.3 is 0 Å². The monoisotopic (exact) mass is 326 g/mol. The molecule has 0 saturated carbocycles. The molecule has 0 bridgehead atoms. The molecule has 0 unspecified atom stereocenters. The number of hydrogen-bond donors (Lipinski definition) is 0. The van der Waals surface area contributed by atoms with Crippen molar-refractivity contribution in [1.82, 2.24) is 8.75 Å². The van der Waals surface area contributed by atoms with Crippen molar-refractivity contribution in [3.05, 3.63) is 72.3 Å². The first kappa shape index (κ1) is 13.6. The van der Waals surface area contributed by atoms with Crippen LogP contribution in [0.2, 0.25) is 0 Å². The number of aryl methyl sites for hydroxylation is 1. The Hall–Kier alpha value is -2.78. The normalized spacial score (nSPS) is 11.5. The fourth-order valence-electron chi connectivity index (χ4n) is 3.50. The van der Waals surface area contributed by atoms with Gasteiger partial charge in [-0.25, -0.2) is 0 Å². The van der Waals surface area contributed by atoms with Crippen molar-refractivity contribution in [2.24, 2.45) is 0 Å². The largest absolute Gasteiger partial charge is 0.173 e. The van der Waals surface area contributed by atoms with E-state index >= 15 is 0 Å². The highest BCUT2D eigenvalue weighted by molar-refractivity contribution is 7.00. The van der Waals surface area contributed by atoms with E-state index in [1.54, 1.807) is 0 Å². The maximum atomic E-state index is 4.60. The van der Waals surface area contributed by atoms with E-state index in [9.17, 15) is 0 Å². The third-order valence-corrected chi connectivity index (χ3v) is 5.19. The first-order valence-corrected chi connectivity index (χ1v) is 8.69. The summed E-state index contributed by atoms with van der Waals surface area (Å²) < 4.78 is 9.10. The van der Waals surface area contributed by atoms with Crippen molar-refractivity contribution >= 4 is 44.3 Å². The molecule has 0 saturated heterocycles. The van der Waals surface area contributed by atoms with Crippen molar-refractivity contribution in [3.63, 3.8) is 0 Å². The lowest BCUT2D eigenvalue weighted by atomic mass is 9.91. The smallest absolute Gasteiger partial charge is 0.112 e. The molecule has 0 aliphatic carbocycles. The van der Waals surface area contributed by atoms with Gasteiger partial charge in [0.15, 0.2) is 0 Å². The number of fused-ring (bicyclic) bond motifs is 3. The number of benzene rings is 4. The lowest BCUT2D eigenvalue weighted by Crippen LogP contribution is -1.88. The third-order valence-electron chi connectivity index (χ3n) is 4.66. The van der Waals surface area contributed by atoms with E-state index in [2.05, 4.69) is 82.4 Å².